The number of pyridine rings is 1. The largest absolute Gasteiger partial charge is 0.495 e. The molecular weight excluding hydrogens is 470 g/mol. The highest BCUT2D eigenvalue weighted by molar-refractivity contribution is 7.92. The molecular formula is C22H18ClN3O6S. The molecule has 4 rings (SSSR count). The first-order chi connectivity index (χ1) is 15.7. The summed E-state index contributed by atoms with van der Waals surface area (Å²) in [5.74, 6) is -0.359. The van der Waals surface area contributed by atoms with Gasteiger partial charge in [-0.15, -0.1) is 0 Å². The fraction of sp³-hybridized carbons (Fsp3) is 0.136. The number of hydrogen-bond acceptors (Lipinski definition) is 7. The van der Waals surface area contributed by atoms with Gasteiger partial charge in [0.2, 0.25) is 0 Å². The summed E-state index contributed by atoms with van der Waals surface area (Å²) in [7, 11) is -1.15. The summed E-state index contributed by atoms with van der Waals surface area (Å²) < 4.78 is 38.5. The highest BCUT2D eigenvalue weighted by atomic mass is 35.5. The molecule has 9 nitrogen and oxygen atoms in total. The molecule has 0 spiro atoms. The molecule has 2 amide bonds. The SMILES string of the molecule is COc1cc(OC)c(NS(=O)(=O)c2ccc(CN3C(=O)c4cccnc4C3=O)cc2)cc1Cl. The number of sulfonamides is 1. The fourth-order valence-corrected chi connectivity index (χ4v) is 4.66. The maximum absolute atomic E-state index is 12.9. The summed E-state index contributed by atoms with van der Waals surface area (Å²) in [6.07, 6.45) is 1.45. The highest BCUT2D eigenvalue weighted by Crippen LogP contribution is 2.37. The Bertz CT molecular complexity index is 1320. The van der Waals surface area contributed by atoms with Gasteiger partial charge in [0, 0.05) is 12.3 Å². The van der Waals surface area contributed by atoms with E-state index in [0.717, 1.165) is 4.90 Å². The number of imide groups is 1. The maximum atomic E-state index is 12.9. The predicted octanol–water partition coefficient (Wildman–Crippen LogP) is 3.35. The third kappa shape index (κ3) is 4.22. The van der Waals surface area contributed by atoms with Gasteiger partial charge in [-0.05, 0) is 35.9 Å². The normalized spacial score (nSPS) is 13.1. The van der Waals surface area contributed by atoms with E-state index in [1.807, 2.05) is 0 Å². The van der Waals surface area contributed by atoms with Gasteiger partial charge in [0.1, 0.15) is 17.2 Å². The Kier molecular flexibility index (Phi) is 5.96. The number of hydrogen-bond donors (Lipinski definition) is 1. The number of benzene rings is 2. The smallest absolute Gasteiger partial charge is 0.280 e. The first-order valence-electron chi connectivity index (χ1n) is 9.59. The molecule has 2 aromatic carbocycles. The summed E-state index contributed by atoms with van der Waals surface area (Å²) in [4.78, 5) is 30.0. The third-order valence-electron chi connectivity index (χ3n) is 5.02. The van der Waals surface area contributed by atoms with E-state index >= 15 is 0 Å². The van der Waals surface area contributed by atoms with Crippen molar-refractivity contribution < 1.29 is 27.5 Å². The summed E-state index contributed by atoms with van der Waals surface area (Å²) in [5, 5.41) is 0.210. The van der Waals surface area contributed by atoms with Crippen molar-refractivity contribution in [2.75, 3.05) is 18.9 Å². The van der Waals surface area contributed by atoms with Gasteiger partial charge in [-0.3, -0.25) is 24.2 Å². The predicted molar refractivity (Wildman–Crippen MR) is 120 cm³/mol. The molecule has 1 N–H and O–H groups in total. The van der Waals surface area contributed by atoms with E-state index in [4.69, 9.17) is 21.1 Å². The van der Waals surface area contributed by atoms with E-state index in [1.54, 1.807) is 12.1 Å². The van der Waals surface area contributed by atoms with Gasteiger partial charge in [-0.1, -0.05) is 23.7 Å². The fourth-order valence-electron chi connectivity index (χ4n) is 3.36. The van der Waals surface area contributed by atoms with E-state index in [2.05, 4.69) is 9.71 Å². The zero-order chi connectivity index (χ0) is 23.8. The average molecular weight is 488 g/mol. The van der Waals surface area contributed by atoms with E-state index < -0.39 is 21.8 Å². The molecule has 1 aliphatic heterocycles. The maximum Gasteiger partial charge on any atom is 0.280 e. The van der Waals surface area contributed by atoms with Crippen molar-refractivity contribution in [1.29, 1.82) is 0 Å². The minimum absolute atomic E-state index is 0.0102. The van der Waals surface area contributed by atoms with Crippen LogP contribution in [0.25, 0.3) is 0 Å². The number of carbonyl (C=O) groups is 2. The molecule has 0 saturated heterocycles. The lowest BCUT2D eigenvalue weighted by Gasteiger charge is -2.15. The Hall–Kier alpha value is -3.63. The molecule has 11 heteroatoms. The van der Waals surface area contributed by atoms with Crippen LogP contribution < -0.4 is 14.2 Å². The van der Waals surface area contributed by atoms with Crippen LogP contribution in [0, 0.1) is 0 Å². The van der Waals surface area contributed by atoms with Gasteiger partial charge in [0.05, 0.1) is 41.9 Å². The quantitative estimate of drug-likeness (QED) is 0.508. The number of nitrogens with zero attached hydrogens (tertiary/aromatic N) is 2. The van der Waals surface area contributed by atoms with Crippen LogP contribution in [0.3, 0.4) is 0 Å². The summed E-state index contributed by atoms with van der Waals surface area (Å²) in [6.45, 7) is -0.0102. The minimum atomic E-state index is -3.98. The molecule has 0 unspecified atom stereocenters. The van der Waals surface area contributed by atoms with E-state index in [1.165, 1.54) is 56.8 Å². The zero-order valence-corrected chi connectivity index (χ0v) is 19.1. The van der Waals surface area contributed by atoms with Crippen molar-refractivity contribution in [2.24, 2.45) is 0 Å². The molecule has 0 fully saturated rings. The first kappa shape index (κ1) is 22.6. The van der Waals surface area contributed by atoms with Gasteiger partial charge < -0.3 is 9.47 Å². The van der Waals surface area contributed by atoms with Crippen molar-refractivity contribution in [3.63, 3.8) is 0 Å². The van der Waals surface area contributed by atoms with Crippen LogP contribution in [0.4, 0.5) is 5.69 Å². The molecule has 1 aliphatic rings. The molecule has 0 bridgehead atoms. The van der Waals surface area contributed by atoms with Crippen molar-refractivity contribution in [1.82, 2.24) is 9.88 Å². The number of amides is 2. The third-order valence-corrected chi connectivity index (χ3v) is 6.70. The second-order valence-electron chi connectivity index (χ2n) is 7.03. The highest BCUT2D eigenvalue weighted by Gasteiger charge is 2.36. The number of ether oxygens (including phenoxy) is 2. The topological polar surface area (TPSA) is 115 Å². The van der Waals surface area contributed by atoms with E-state index in [-0.39, 0.29) is 39.2 Å². The van der Waals surface area contributed by atoms with Crippen LogP contribution >= 0.6 is 11.6 Å². The van der Waals surface area contributed by atoms with Crippen LogP contribution in [0.1, 0.15) is 26.4 Å². The second kappa shape index (κ2) is 8.72. The van der Waals surface area contributed by atoms with Crippen molar-refractivity contribution >= 4 is 39.1 Å². The van der Waals surface area contributed by atoms with Gasteiger partial charge in [0.15, 0.2) is 0 Å². The van der Waals surface area contributed by atoms with Crippen LogP contribution in [0.15, 0.2) is 59.6 Å². The average Bonchev–Trinajstić information content (AvgIpc) is 3.04. The van der Waals surface area contributed by atoms with E-state index in [9.17, 15) is 18.0 Å². The second-order valence-corrected chi connectivity index (χ2v) is 9.12. The Morgan fingerprint density at radius 2 is 1.70 bits per heavy atom. The number of fused-ring (bicyclic) bond motifs is 1. The lowest BCUT2D eigenvalue weighted by Crippen LogP contribution is -2.29. The number of anilines is 1. The Balaban J connectivity index is 1.53. The molecule has 2 heterocycles. The number of carbonyl (C=O) groups excluding carboxylic acids is 2. The molecule has 0 atom stereocenters. The van der Waals surface area contributed by atoms with Crippen LogP contribution in [0.5, 0.6) is 11.5 Å². The van der Waals surface area contributed by atoms with Crippen LogP contribution in [0.2, 0.25) is 5.02 Å². The van der Waals surface area contributed by atoms with Crippen LogP contribution in [-0.4, -0.2) is 44.3 Å². The lowest BCUT2D eigenvalue weighted by molar-refractivity contribution is 0.0640. The van der Waals surface area contributed by atoms with Gasteiger partial charge in [-0.2, -0.15) is 0 Å². The van der Waals surface area contributed by atoms with E-state index in [0.29, 0.717) is 11.3 Å². The molecule has 0 aliphatic carbocycles. The summed E-state index contributed by atoms with van der Waals surface area (Å²) in [5.41, 5.74) is 1.08. The van der Waals surface area contributed by atoms with Crippen molar-refractivity contribution in [2.45, 2.75) is 11.4 Å². The molecule has 0 radical (unpaired) electrons. The molecule has 3 aromatic rings. The number of nitrogens with one attached hydrogen (secondary N) is 1. The lowest BCUT2D eigenvalue weighted by atomic mass is 10.2. The molecule has 170 valence electrons. The molecule has 1 aromatic heterocycles. The standard InChI is InChI=1S/C22H18ClN3O6S/c1-31-18-11-19(32-2)17(10-16(18)23)25-33(29,30)14-7-5-13(6-8-14)12-26-21(27)15-4-3-9-24-20(15)22(26)28/h3-11,25H,12H2,1-2H3. The van der Waals surface area contributed by atoms with Gasteiger partial charge in [-0.25, -0.2) is 8.42 Å². The summed E-state index contributed by atoms with van der Waals surface area (Å²) >= 11 is 6.11. The molecule has 0 saturated carbocycles. The number of rotatable bonds is 7. The molecule has 33 heavy (non-hydrogen) atoms. The van der Waals surface area contributed by atoms with Gasteiger partial charge >= 0.3 is 0 Å². The first-order valence-corrected chi connectivity index (χ1v) is 11.5. The van der Waals surface area contributed by atoms with Crippen molar-refractivity contribution in [3.8, 4) is 11.5 Å². The Morgan fingerprint density at radius 3 is 2.33 bits per heavy atom. The minimum Gasteiger partial charge on any atom is -0.495 e. The van der Waals surface area contributed by atoms with Gasteiger partial charge in [0.25, 0.3) is 21.8 Å². The zero-order valence-electron chi connectivity index (χ0n) is 17.5. The number of aromatic nitrogens is 1. The Labute approximate surface area is 195 Å². The Morgan fingerprint density at radius 1 is 1.00 bits per heavy atom. The number of halogens is 1. The summed E-state index contributed by atoms with van der Waals surface area (Å²) in [6, 6.07) is 11.8. The number of methoxy groups -OCH3 is 2. The van der Waals surface area contributed by atoms with Crippen molar-refractivity contribution in [3.05, 3.63) is 76.6 Å². The van der Waals surface area contributed by atoms with Crippen LogP contribution in [-0.2, 0) is 16.6 Å². The monoisotopic (exact) mass is 487 g/mol.